The van der Waals surface area contributed by atoms with Crippen LogP contribution in [0, 0.1) is 0 Å². The zero-order chi connectivity index (χ0) is 10.4. The molecule has 1 heterocycles. The fraction of sp³-hybridized carbons (Fsp3) is 0.200. The smallest absolute Gasteiger partial charge is 0.185 e. The molecule has 74 valence electrons. The molecule has 0 bridgehead atoms. The summed E-state index contributed by atoms with van der Waals surface area (Å²) in [7, 11) is 0. The van der Waals surface area contributed by atoms with Crippen molar-refractivity contribution in [3.8, 4) is 0 Å². The molecule has 0 saturated heterocycles. The molecule has 0 unspecified atom stereocenters. The standard InChI is InChI=1S/C7H5NS.C3H6OS/c1-2-4-7-6(3-1)8-5-9-7;1-2-3(4)5/h1-5H;2H2,1H3,(H,4,5). The molecule has 4 heteroatoms. The first-order valence-corrected chi connectivity index (χ1v) is 5.56. The molecule has 0 amide bonds. The van der Waals surface area contributed by atoms with Crippen molar-refractivity contribution in [1.82, 2.24) is 4.98 Å². The van der Waals surface area contributed by atoms with E-state index in [2.05, 4.69) is 23.7 Å². The molecule has 0 saturated carbocycles. The molecule has 0 aliphatic heterocycles. The summed E-state index contributed by atoms with van der Waals surface area (Å²) in [6, 6.07) is 8.13. The van der Waals surface area contributed by atoms with E-state index in [-0.39, 0.29) is 5.12 Å². The molecule has 0 atom stereocenters. The van der Waals surface area contributed by atoms with Crippen LogP contribution in [-0.4, -0.2) is 10.1 Å². The maximum Gasteiger partial charge on any atom is 0.185 e. The Balaban J connectivity index is 0.000000171. The van der Waals surface area contributed by atoms with Crippen LogP contribution >= 0.6 is 24.0 Å². The topological polar surface area (TPSA) is 30.0 Å². The van der Waals surface area contributed by atoms with Gasteiger partial charge in [0.05, 0.1) is 15.7 Å². The molecule has 1 aromatic heterocycles. The predicted octanol–water partition coefficient (Wildman–Crippen LogP) is 3.15. The number of thiol groups is 1. The minimum absolute atomic E-state index is 0.0509. The monoisotopic (exact) mass is 225 g/mol. The summed E-state index contributed by atoms with van der Waals surface area (Å²) < 4.78 is 1.26. The van der Waals surface area contributed by atoms with Gasteiger partial charge in [0.2, 0.25) is 0 Å². The highest BCUT2D eigenvalue weighted by Gasteiger charge is 1.89. The number of para-hydroxylation sites is 1. The van der Waals surface area contributed by atoms with Gasteiger partial charge in [-0.15, -0.1) is 24.0 Å². The maximum absolute atomic E-state index is 9.68. The molecular formula is C10H11NOS2. The van der Waals surface area contributed by atoms with Crippen LogP contribution in [0.4, 0.5) is 0 Å². The van der Waals surface area contributed by atoms with Gasteiger partial charge >= 0.3 is 0 Å². The van der Waals surface area contributed by atoms with E-state index >= 15 is 0 Å². The van der Waals surface area contributed by atoms with Gasteiger partial charge in [-0.1, -0.05) is 19.1 Å². The van der Waals surface area contributed by atoms with Gasteiger partial charge in [-0.05, 0) is 12.1 Å². The first-order chi connectivity index (χ1) is 6.74. The third-order valence-corrected chi connectivity index (χ3v) is 2.67. The number of hydrogen-bond acceptors (Lipinski definition) is 3. The number of carbonyl (C=O) groups excluding carboxylic acids is 1. The summed E-state index contributed by atoms with van der Waals surface area (Å²) in [5.74, 6) is 0. The fourth-order valence-electron chi connectivity index (χ4n) is 0.803. The summed E-state index contributed by atoms with van der Waals surface area (Å²) >= 11 is 5.14. The molecule has 0 radical (unpaired) electrons. The SMILES string of the molecule is CCC(=O)S.c1ccc2scnc2c1. The number of fused-ring (bicyclic) bond motifs is 1. The first kappa shape index (κ1) is 11.2. The van der Waals surface area contributed by atoms with E-state index in [1.54, 1.807) is 18.3 Å². The quantitative estimate of drug-likeness (QED) is 0.756. The van der Waals surface area contributed by atoms with Crippen LogP contribution in [-0.2, 0) is 4.79 Å². The van der Waals surface area contributed by atoms with E-state index in [0.717, 1.165) is 5.52 Å². The van der Waals surface area contributed by atoms with E-state index in [9.17, 15) is 4.79 Å². The summed E-state index contributed by atoms with van der Waals surface area (Å²) in [5.41, 5.74) is 2.97. The number of benzene rings is 1. The van der Waals surface area contributed by atoms with Gasteiger partial charge in [0.15, 0.2) is 5.12 Å². The molecular weight excluding hydrogens is 214 g/mol. The molecule has 0 fully saturated rings. The van der Waals surface area contributed by atoms with Crippen LogP contribution in [0.15, 0.2) is 29.8 Å². The minimum Gasteiger partial charge on any atom is -0.288 e. The van der Waals surface area contributed by atoms with Crippen molar-refractivity contribution in [2.75, 3.05) is 0 Å². The van der Waals surface area contributed by atoms with Crippen LogP contribution < -0.4 is 0 Å². The molecule has 0 aliphatic rings. The van der Waals surface area contributed by atoms with Crippen LogP contribution in [0.3, 0.4) is 0 Å². The molecule has 0 N–H and O–H groups in total. The molecule has 0 aliphatic carbocycles. The number of carbonyl (C=O) groups is 1. The van der Waals surface area contributed by atoms with Crippen molar-refractivity contribution in [1.29, 1.82) is 0 Å². The largest absolute Gasteiger partial charge is 0.288 e. The number of aromatic nitrogens is 1. The highest BCUT2D eigenvalue weighted by Crippen LogP contribution is 2.15. The number of thiazole rings is 1. The highest BCUT2D eigenvalue weighted by molar-refractivity contribution is 7.96. The Labute approximate surface area is 92.4 Å². The highest BCUT2D eigenvalue weighted by atomic mass is 32.1. The van der Waals surface area contributed by atoms with Gasteiger partial charge in [0.1, 0.15) is 0 Å². The second kappa shape index (κ2) is 5.78. The van der Waals surface area contributed by atoms with Gasteiger partial charge in [-0.3, -0.25) is 4.79 Å². The lowest BCUT2D eigenvalue weighted by Crippen LogP contribution is -1.74. The average molecular weight is 225 g/mol. The lowest BCUT2D eigenvalue weighted by molar-refractivity contribution is -0.110. The van der Waals surface area contributed by atoms with E-state index in [4.69, 9.17) is 0 Å². The molecule has 2 rings (SSSR count). The van der Waals surface area contributed by atoms with Gasteiger partial charge in [0.25, 0.3) is 0 Å². The Morgan fingerprint density at radius 2 is 2.14 bits per heavy atom. The minimum atomic E-state index is -0.0509. The molecule has 0 spiro atoms. The third kappa shape index (κ3) is 3.47. The van der Waals surface area contributed by atoms with Crippen molar-refractivity contribution >= 4 is 39.3 Å². The first-order valence-electron chi connectivity index (χ1n) is 4.24. The fourth-order valence-corrected chi connectivity index (χ4v) is 1.48. The number of rotatable bonds is 1. The van der Waals surface area contributed by atoms with Crippen LogP contribution in [0.25, 0.3) is 10.2 Å². The Morgan fingerprint density at radius 1 is 1.50 bits per heavy atom. The normalized spacial score (nSPS) is 9.29. The van der Waals surface area contributed by atoms with Crippen molar-refractivity contribution in [3.05, 3.63) is 29.8 Å². The Bertz CT molecular complexity index is 381. The number of hydrogen-bond donors (Lipinski definition) is 1. The Kier molecular flexibility index (Phi) is 4.62. The van der Waals surface area contributed by atoms with Crippen LogP contribution in [0.1, 0.15) is 13.3 Å². The second-order valence-electron chi connectivity index (χ2n) is 2.57. The number of nitrogens with zero attached hydrogens (tertiary/aromatic N) is 1. The Hall–Kier alpha value is -0.870. The third-order valence-electron chi connectivity index (χ3n) is 1.54. The van der Waals surface area contributed by atoms with Crippen molar-refractivity contribution in [3.63, 3.8) is 0 Å². The molecule has 1 aromatic carbocycles. The zero-order valence-corrected chi connectivity index (χ0v) is 9.52. The molecule has 2 aromatic rings. The van der Waals surface area contributed by atoms with Gasteiger partial charge in [0, 0.05) is 6.42 Å². The summed E-state index contributed by atoms with van der Waals surface area (Å²) in [4.78, 5) is 13.8. The summed E-state index contributed by atoms with van der Waals surface area (Å²) in [5, 5.41) is -0.0509. The Morgan fingerprint density at radius 3 is 2.71 bits per heavy atom. The average Bonchev–Trinajstić information content (AvgIpc) is 2.66. The van der Waals surface area contributed by atoms with Crippen molar-refractivity contribution in [2.24, 2.45) is 0 Å². The predicted molar refractivity (Wildman–Crippen MR) is 63.9 cm³/mol. The second-order valence-corrected chi connectivity index (χ2v) is 3.95. The molecule has 14 heavy (non-hydrogen) atoms. The molecule has 2 nitrogen and oxygen atoms in total. The summed E-state index contributed by atoms with van der Waals surface area (Å²) in [6.45, 7) is 1.77. The summed E-state index contributed by atoms with van der Waals surface area (Å²) in [6.07, 6.45) is 0.531. The van der Waals surface area contributed by atoms with Crippen LogP contribution in [0.5, 0.6) is 0 Å². The van der Waals surface area contributed by atoms with Crippen molar-refractivity contribution in [2.45, 2.75) is 13.3 Å². The van der Waals surface area contributed by atoms with Gasteiger partial charge in [-0.25, -0.2) is 4.98 Å². The van der Waals surface area contributed by atoms with Crippen LogP contribution in [0.2, 0.25) is 0 Å². The van der Waals surface area contributed by atoms with Gasteiger partial charge < -0.3 is 0 Å². The van der Waals surface area contributed by atoms with Gasteiger partial charge in [-0.2, -0.15) is 0 Å². The lowest BCUT2D eigenvalue weighted by atomic mass is 10.3. The van der Waals surface area contributed by atoms with Crippen molar-refractivity contribution < 1.29 is 4.79 Å². The maximum atomic E-state index is 9.68. The van der Waals surface area contributed by atoms with E-state index in [1.807, 2.05) is 23.7 Å². The van der Waals surface area contributed by atoms with E-state index in [0.29, 0.717) is 6.42 Å². The lowest BCUT2D eigenvalue weighted by Gasteiger charge is -1.80. The van der Waals surface area contributed by atoms with E-state index < -0.39 is 0 Å². The van der Waals surface area contributed by atoms with E-state index in [1.165, 1.54) is 4.70 Å². The zero-order valence-electron chi connectivity index (χ0n) is 7.80.